The molecule has 1 saturated carbocycles. The van der Waals surface area contributed by atoms with Crippen molar-refractivity contribution in [3.05, 3.63) is 52.5 Å². The first-order chi connectivity index (χ1) is 14.8. The van der Waals surface area contributed by atoms with E-state index in [9.17, 15) is 4.79 Å². The van der Waals surface area contributed by atoms with Gasteiger partial charge < -0.3 is 9.30 Å². The summed E-state index contributed by atoms with van der Waals surface area (Å²) >= 11 is 12.3. The summed E-state index contributed by atoms with van der Waals surface area (Å²) in [5, 5.41) is 0.940. The van der Waals surface area contributed by atoms with Gasteiger partial charge in [-0.05, 0) is 60.9 Å². The number of ether oxygens (including phenoxy) is 1. The van der Waals surface area contributed by atoms with Crippen molar-refractivity contribution in [2.24, 2.45) is 17.8 Å². The lowest BCUT2D eigenvalue weighted by Crippen LogP contribution is -2.36. The van der Waals surface area contributed by atoms with Crippen molar-refractivity contribution in [3.63, 3.8) is 0 Å². The molecule has 0 aliphatic heterocycles. The van der Waals surface area contributed by atoms with Crippen LogP contribution < -0.4 is 0 Å². The van der Waals surface area contributed by atoms with Crippen molar-refractivity contribution in [1.29, 1.82) is 0 Å². The largest absolute Gasteiger partial charge is 0.461 e. The molecule has 1 heterocycles. The molecule has 0 radical (unpaired) electrons. The Bertz CT molecular complexity index is 1090. The van der Waals surface area contributed by atoms with Crippen LogP contribution in [0.2, 0.25) is 10.0 Å². The summed E-state index contributed by atoms with van der Waals surface area (Å²) in [4.78, 5) is 17.8. The number of para-hydroxylation sites is 2. The molecule has 4 rings (SSSR count). The molecule has 6 heteroatoms. The third-order valence-electron chi connectivity index (χ3n) is 6.36. The van der Waals surface area contributed by atoms with Crippen molar-refractivity contribution in [2.75, 3.05) is 0 Å². The molecular formula is C25H28Cl2N2O2. The van der Waals surface area contributed by atoms with E-state index in [0.29, 0.717) is 33.6 Å². The summed E-state index contributed by atoms with van der Waals surface area (Å²) in [5.41, 5.74) is 2.52. The van der Waals surface area contributed by atoms with Crippen LogP contribution in [0.3, 0.4) is 0 Å². The van der Waals surface area contributed by atoms with Crippen LogP contribution in [0.5, 0.6) is 0 Å². The number of fused-ring (bicyclic) bond motifs is 1. The number of imidazole rings is 1. The van der Waals surface area contributed by atoms with Gasteiger partial charge >= 0.3 is 5.97 Å². The molecule has 4 nitrogen and oxygen atoms in total. The summed E-state index contributed by atoms with van der Waals surface area (Å²) in [6.07, 6.45) is 3.21. The summed E-state index contributed by atoms with van der Waals surface area (Å²) in [6.45, 7) is 6.77. The molecule has 0 saturated heterocycles. The first-order valence-corrected chi connectivity index (χ1v) is 11.7. The number of aromatic nitrogens is 2. The van der Waals surface area contributed by atoms with Crippen LogP contribution in [-0.2, 0) is 16.1 Å². The van der Waals surface area contributed by atoms with Gasteiger partial charge in [0.2, 0.25) is 0 Å². The molecule has 0 spiro atoms. The quantitative estimate of drug-likeness (QED) is 0.386. The van der Waals surface area contributed by atoms with E-state index in [1.54, 1.807) is 12.1 Å². The first-order valence-electron chi connectivity index (χ1n) is 10.9. The molecule has 1 aromatic heterocycles. The van der Waals surface area contributed by atoms with E-state index in [-0.39, 0.29) is 18.6 Å². The maximum atomic E-state index is 13.1. The topological polar surface area (TPSA) is 44.1 Å². The smallest absolute Gasteiger partial charge is 0.326 e. The van der Waals surface area contributed by atoms with Crippen LogP contribution in [-0.4, -0.2) is 21.6 Å². The maximum absolute atomic E-state index is 13.1. The fourth-order valence-corrected chi connectivity index (χ4v) is 4.97. The average molecular weight is 459 g/mol. The van der Waals surface area contributed by atoms with Crippen molar-refractivity contribution < 1.29 is 9.53 Å². The summed E-state index contributed by atoms with van der Waals surface area (Å²) in [6, 6.07) is 13.2. The fourth-order valence-electron chi connectivity index (χ4n) is 4.68. The zero-order valence-electron chi connectivity index (χ0n) is 18.1. The van der Waals surface area contributed by atoms with Crippen LogP contribution in [0, 0.1) is 17.8 Å². The minimum Gasteiger partial charge on any atom is -0.461 e. The lowest BCUT2D eigenvalue weighted by molar-refractivity contribution is -0.156. The van der Waals surface area contributed by atoms with E-state index >= 15 is 0 Å². The van der Waals surface area contributed by atoms with Crippen molar-refractivity contribution in [2.45, 2.75) is 52.7 Å². The van der Waals surface area contributed by atoms with E-state index in [0.717, 1.165) is 29.4 Å². The highest BCUT2D eigenvalue weighted by atomic mass is 35.5. The van der Waals surface area contributed by atoms with Gasteiger partial charge in [0.05, 0.1) is 21.1 Å². The number of hydrogen-bond donors (Lipinski definition) is 0. The van der Waals surface area contributed by atoms with Crippen LogP contribution in [0.25, 0.3) is 22.4 Å². The SMILES string of the molecule is CC(C)C1CC[C@@H](C)C[C@H]1OC(=O)Cn1c(-c2ccc(Cl)c(Cl)c2)nc2ccccc21. The van der Waals surface area contributed by atoms with E-state index < -0.39 is 0 Å². The average Bonchev–Trinajstić information content (AvgIpc) is 3.08. The van der Waals surface area contributed by atoms with Crippen molar-refractivity contribution in [1.82, 2.24) is 9.55 Å². The first kappa shape index (κ1) is 22.2. The zero-order chi connectivity index (χ0) is 22.1. The van der Waals surface area contributed by atoms with E-state index in [1.807, 2.05) is 34.9 Å². The van der Waals surface area contributed by atoms with E-state index in [4.69, 9.17) is 32.9 Å². The minimum atomic E-state index is -0.228. The van der Waals surface area contributed by atoms with E-state index in [1.165, 1.54) is 6.42 Å². The molecule has 3 aromatic rings. The van der Waals surface area contributed by atoms with E-state index in [2.05, 4.69) is 20.8 Å². The third-order valence-corrected chi connectivity index (χ3v) is 7.10. The second-order valence-electron chi connectivity index (χ2n) is 8.99. The Balaban J connectivity index is 1.64. The Morgan fingerprint density at radius 3 is 2.68 bits per heavy atom. The molecule has 1 aliphatic carbocycles. The number of carbonyl (C=O) groups excluding carboxylic acids is 1. The molecule has 0 amide bonds. The lowest BCUT2D eigenvalue weighted by Gasteiger charge is -2.36. The Morgan fingerprint density at radius 1 is 1.16 bits per heavy atom. The summed E-state index contributed by atoms with van der Waals surface area (Å²) in [7, 11) is 0. The minimum absolute atomic E-state index is 0.0283. The summed E-state index contributed by atoms with van der Waals surface area (Å²) < 4.78 is 7.97. The third kappa shape index (κ3) is 4.75. The van der Waals surface area contributed by atoms with Gasteiger partial charge in [0.1, 0.15) is 18.5 Å². The Labute approximate surface area is 193 Å². The van der Waals surface area contributed by atoms with Gasteiger partial charge in [0, 0.05) is 5.56 Å². The number of hydrogen-bond acceptors (Lipinski definition) is 3. The number of nitrogens with zero attached hydrogens (tertiary/aromatic N) is 2. The molecule has 1 aliphatic rings. The van der Waals surface area contributed by atoms with Crippen molar-refractivity contribution >= 4 is 40.2 Å². The Morgan fingerprint density at radius 2 is 1.94 bits per heavy atom. The van der Waals surface area contributed by atoms with Gasteiger partial charge in [-0.25, -0.2) is 4.98 Å². The molecule has 3 atom stereocenters. The van der Waals surface area contributed by atoms with Crippen LogP contribution in [0.1, 0.15) is 40.0 Å². The highest BCUT2D eigenvalue weighted by Gasteiger charge is 2.33. The van der Waals surface area contributed by atoms with Gasteiger partial charge in [-0.3, -0.25) is 4.79 Å². The fraction of sp³-hybridized carbons (Fsp3) is 0.440. The number of carbonyl (C=O) groups is 1. The zero-order valence-corrected chi connectivity index (χ0v) is 19.7. The number of esters is 1. The second-order valence-corrected chi connectivity index (χ2v) is 9.81. The predicted octanol–water partition coefficient (Wildman–Crippen LogP) is 7.01. The monoisotopic (exact) mass is 458 g/mol. The highest BCUT2D eigenvalue weighted by Crippen LogP contribution is 2.36. The van der Waals surface area contributed by atoms with Gasteiger partial charge in [-0.15, -0.1) is 0 Å². The van der Waals surface area contributed by atoms with Crippen LogP contribution in [0.15, 0.2) is 42.5 Å². The number of halogens is 2. The Kier molecular flexibility index (Phi) is 6.59. The van der Waals surface area contributed by atoms with Gasteiger partial charge in [0.15, 0.2) is 0 Å². The Hall–Kier alpha value is -2.04. The van der Waals surface area contributed by atoms with Gasteiger partial charge in [-0.2, -0.15) is 0 Å². The van der Waals surface area contributed by atoms with Crippen molar-refractivity contribution in [3.8, 4) is 11.4 Å². The van der Waals surface area contributed by atoms with Crippen LogP contribution in [0.4, 0.5) is 0 Å². The van der Waals surface area contributed by atoms with Gasteiger partial charge in [0.25, 0.3) is 0 Å². The molecule has 0 bridgehead atoms. The standard InChI is InChI=1S/C25H28Cl2N2O2/c1-15(2)18-10-8-16(3)12-23(18)31-24(30)14-29-22-7-5-4-6-21(22)28-25(29)17-9-11-19(26)20(27)13-17/h4-7,9,11,13,15-16,18,23H,8,10,12,14H2,1-3H3/t16-,18?,23-/m1/s1. The summed E-state index contributed by atoms with van der Waals surface area (Å²) in [5.74, 6) is 1.93. The molecule has 1 unspecified atom stereocenters. The normalized spacial score (nSPS) is 21.5. The van der Waals surface area contributed by atoms with Gasteiger partial charge in [-0.1, -0.05) is 62.5 Å². The highest BCUT2D eigenvalue weighted by molar-refractivity contribution is 6.42. The second kappa shape index (κ2) is 9.22. The molecule has 31 heavy (non-hydrogen) atoms. The molecule has 1 fully saturated rings. The molecular weight excluding hydrogens is 431 g/mol. The van der Waals surface area contributed by atoms with Crippen LogP contribution >= 0.6 is 23.2 Å². The molecule has 2 aromatic carbocycles. The predicted molar refractivity (Wildman–Crippen MR) is 126 cm³/mol. The number of benzene rings is 2. The lowest BCUT2D eigenvalue weighted by atomic mass is 9.75. The molecule has 164 valence electrons. The maximum Gasteiger partial charge on any atom is 0.326 e. The molecule has 0 N–H and O–H groups in total. The number of rotatable bonds is 5.